The van der Waals surface area contributed by atoms with E-state index in [1.165, 1.54) is 0 Å². The molecule has 0 aromatic carbocycles. The molecule has 3 unspecified atom stereocenters. The largest absolute Gasteiger partial charge is 0.466 e. The molecule has 1 saturated heterocycles. The topological polar surface area (TPSA) is 69.7 Å². The van der Waals surface area contributed by atoms with Crippen molar-refractivity contribution in [3.8, 4) is 0 Å². The summed E-state index contributed by atoms with van der Waals surface area (Å²) in [5.41, 5.74) is 0. The van der Waals surface area contributed by atoms with Gasteiger partial charge in [0.05, 0.1) is 24.4 Å². The van der Waals surface area contributed by atoms with Gasteiger partial charge in [0.2, 0.25) is 0 Å². The van der Waals surface area contributed by atoms with Crippen LogP contribution in [0.15, 0.2) is 0 Å². The van der Waals surface area contributed by atoms with Crippen LogP contribution in [0.5, 0.6) is 0 Å². The van der Waals surface area contributed by atoms with Crippen molar-refractivity contribution < 1.29 is 23.9 Å². The molecule has 5 heteroatoms. The van der Waals surface area contributed by atoms with Crippen molar-refractivity contribution in [1.82, 2.24) is 0 Å². The normalized spacial score (nSPS) is 18.6. The van der Waals surface area contributed by atoms with Gasteiger partial charge in [0, 0.05) is 0 Å². The third kappa shape index (κ3) is 9.68. The third-order valence-electron chi connectivity index (χ3n) is 3.27. The Labute approximate surface area is 151 Å². The van der Waals surface area contributed by atoms with Gasteiger partial charge >= 0.3 is 17.9 Å². The van der Waals surface area contributed by atoms with Crippen LogP contribution in [0.3, 0.4) is 0 Å². The van der Waals surface area contributed by atoms with Gasteiger partial charge in [-0.2, -0.15) is 0 Å². The molecule has 0 aromatic heterocycles. The van der Waals surface area contributed by atoms with E-state index in [1.807, 2.05) is 6.92 Å². The smallest absolute Gasteiger partial charge is 0.317 e. The van der Waals surface area contributed by atoms with Gasteiger partial charge in [-0.15, -0.1) is 0 Å². The number of cyclic esters (lactones) is 2. The van der Waals surface area contributed by atoms with E-state index < -0.39 is 23.8 Å². The summed E-state index contributed by atoms with van der Waals surface area (Å²) in [5, 5.41) is 0. The molecule has 0 radical (unpaired) electrons. The number of carbonyl (C=O) groups is 3. The van der Waals surface area contributed by atoms with Gasteiger partial charge in [0.25, 0.3) is 0 Å². The van der Waals surface area contributed by atoms with Crippen molar-refractivity contribution in [3.63, 3.8) is 0 Å². The molecule has 1 rings (SSSR count). The maximum atomic E-state index is 11.8. The van der Waals surface area contributed by atoms with Crippen molar-refractivity contribution in [2.24, 2.45) is 17.8 Å². The van der Waals surface area contributed by atoms with Gasteiger partial charge in [0.1, 0.15) is 0 Å². The molecular formula is C19H44O5. The standard InChI is InChI=1S/C13H20O5.6CH4/c1-4-6-9(12(15)17-5-2)7-10-8(3)11(14)18-13(10)16;;;;;;/h8-10H,4-7H2,1-3H3;6*1H4. The van der Waals surface area contributed by atoms with Crippen LogP contribution in [0.2, 0.25) is 0 Å². The lowest BCUT2D eigenvalue weighted by Gasteiger charge is -2.18. The average molecular weight is 353 g/mol. The van der Waals surface area contributed by atoms with Crippen LogP contribution in [-0.4, -0.2) is 24.5 Å². The lowest BCUT2D eigenvalue weighted by molar-refractivity contribution is -0.153. The number of rotatable bonds is 6. The zero-order chi connectivity index (χ0) is 13.7. The molecule has 0 bridgehead atoms. The Hall–Kier alpha value is -1.39. The second kappa shape index (κ2) is 18.0. The molecule has 150 valence electrons. The van der Waals surface area contributed by atoms with Crippen LogP contribution in [0.4, 0.5) is 0 Å². The van der Waals surface area contributed by atoms with Gasteiger partial charge < -0.3 is 9.47 Å². The van der Waals surface area contributed by atoms with E-state index in [-0.39, 0.29) is 56.4 Å². The quantitative estimate of drug-likeness (QED) is 0.466. The van der Waals surface area contributed by atoms with Crippen LogP contribution in [0.1, 0.15) is 84.6 Å². The minimum atomic E-state index is -0.516. The van der Waals surface area contributed by atoms with E-state index in [0.717, 1.165) is 6.42 Å². The minimum Gasteiger partial charge on any atom is -0.466 e. The second-order valence-electron chi connectivity index (χ2n) is 4.61. The first-order chi connectivity index (χ1) is 8.51. The van der Waals surface area contributed by atoms with E-state index in [4.69, 9.17) is 4.74 Å². The fourth-order valence-electron chi connectivity index (χ4n) is 2.18. The second-order valence-corrected chi connectivity index (χ2v) is 4.61. The predicted molar refractivity (Wildman–Crippen MR) is 104 cm³/mol. The van der Waals surface area contributed by atoms with Crippen LogP contribution in [-0.2, 0) is 23.9 Å². The first-order valence-corrected chi connectivity index (χ1v) is 6.43. The number of esters is 3. The van der Waals surface area contributed by atoms with Crippen molar-refractivity contribution in [1.29, 1.82) is 0 Å². The lowest BCUT2D eigenvalue weighted by atomic mass is 9.85. The molecule has 0 saturated carbocycles. The number of hydrogen-bond donors (Lipinski definition) is 0. The van der Waals surface area contributed by atoms with E-state index in [1.54, 1.807) is 13.8 Å². The first kappa shape index (κ1) is 38.3. The van der Waals surface area contributed by atoms with Gasteiger partial charge in [-0.1, -0.05) is 64.8 Å². The van der Waals surface area contributed by atoms with Crippen LogP contribution < -0.4 is 0 Å². The summed E-state index contributed by atoms with van der Waals surface area (Å²) in [7, 11) is 0. The van der Waals surface area contributed by atoms with Gasteiger partial charge in [-0.3, -0.25) is 14.4 Å². The fraction of sp³-hybridized carbons (Fsp3) is 0.842. The molecule has 0 spiro atoms. The summed E-state index contributed by atoms with van der Waals surface area (Å²) in [6.45, 7) is 5.69. The van der Waals surface area contributed by atoms with Gasteiger partial charge in [0.15, 0.2) is 0 Å². The number of carbonyl (C=O) groups excluding carboxylic acids is 3. The molecule has 1 fully saturated rings. The monoisotopic (exact) mass is 352 g/mol. The maximum Gasteiger partial charge on any atom is 0.317 e. The van der Waals surface area contributed by atoms with Crippen molar-refractivity contribution in [2.45, 2.75) is 84.6 Å². The SMILES string of the molecule is C.C.C.C.C.C.CCCC(CC1C(=O)OC(=O)C1C)C(=O)OCC. The zero-order valence-corrected chi connectivity index (χ0v) is 11.1. The Balaban J connectivity index is -0.000000135. The fourth-order valence-corrected chi connectivity index (χ4v) is 2.18. The summed E-state index contributed by atoms with van der Waals surface area (Å²) in [5.74, 6) is -2.62. The minimum absolute atomic E-state index is 0. The third-order valence-corrected chi connectivity index (χ3v) is 3.27. The molecule has 24 heavy (non-hydrogen) atoms. The van der Waals surface area contributed by atoms with Crippen molar-refractivity contribution >= 4 is 17.9 Å². The Kier molecular flexibility index (Phi) is 28.6. The summed E-state index contributed by atoms with van der Waals surface area (Å²) in [6, 6.07) is 0. The highest BCUT2D eigenvalue weighted by Gasteiger charge is 2.43. The summed E-state index contributed by atoms with van der Waals surface area (Å²) >= 11 is 0. The van der Waals surface area contributed by atoms with Crippen molar-refractivity contribution in [2.75, 3.05) is 6.61 Å². The molecule has 5 nitrogen and oxygen atoms in total. The molecular weight excluding hydrogens is 308 g/mol. The average Bonchev–Trinajstić information content (AvgIpc) is 2.55. The zero-order valence-electron chi connectivity index (χ0n) is 11.1. The summed E-state index contributed by atoms with van der Waals surface area (Å²) in [6.07, 6.45) is 1.81. The Morgan fingerprint density at radius 2 is 1.54 bits per heavy atom. The van der Waals surface area contributed by atoms with E-state index in [0.29, 0.717) is 19.4 Å². The van der Waals surface area contributed by atoms with Crippen molar-refractivity contribution in [3.05, 3.63) is 0 Å². The molecule has 1 aliphatic rings. The van der Waals surface area contributed by atoms with Crippen LogP contribution in [0.25, 0.3) is 0 Å². The molecule has 1 aliphatic heterocycles. The van der Waals surface area contributed by atoms with Crippen LogP contribution in [0, 0.1) is 17.8 Å². The molecule has 3 atom stereocenters. The molecule has 0 aliphatic carbocycles. The summed E-state index contributed by atoms with van der Waals surface area (Å²) < 4.78 is 9.56. The molecule has 1 heterocycles. The highest BCUT2D eigenvalue weighted by Crippen LogP contribution is 2.31. The highest BCUT2D eigenvalue weighted by molar-refractivity contribution is 5.96. The number of ether oxygens (including phenoxy) is 2. The Morgan fingerprint density at radius 1 is 1.04 bits per heavy atom. The van der Waals surface area contributed by atoms with Gasteiger partial charge in [-0.25, -0.2) is 0 Å². The predicted octanol–water partition coefficient (Wildman–Crippen LogP) is 5.51. The van der Waals surface area contributed by atoms with Gasteiger partial charge in [-0.05, 0) is 19.8 Å². The first-order valence-electron chi connectivity index (χ1n) is 6.43. The lowest BCUT2D eigenvalue weighted by Crippen LogP contribution is -2.25. The van der Waals surface area contributed by atoms with E-state index in [2.05, 4.69) is 4.74 Å². The van der Waals surface area contributed by atoms with E-state index in [9.17, 15) is 14.4 Å². The molecule has 0 aromatic rings. The Bertz CT molecular complexity index is 339. The molecule has 0 N–H and O–H groups in total. The molecule has 0 amide bonds. The number of hydrogen-bond acceptors (Lipinski definition) is 5. The van der Waals surface area contributed by atoms with Crippen LogP contribution >= 0.6 is 0 Å². The Morgan fingerprint density at radius 3 is 1.88 bits per heavy atom. The van der Waals surface area contributed by atoms with E-state index >= 15 is 0 Å². The highest BCUT2D eigenvalue weighted by atomic mass is 16.6. The summed E-state index contributed by atoms with van der Waals surface area (Å²) in [4.78, 5) is 34.5. The maximum absolute atomic E-state index is 11.8.